The molecule has 0 spiro atoms. The predicted molar refractivity (Wildman–Crippen MR) is 119 cm³/mol. The number of hydrogen-bond donors (Lipinski definition) is 3. The molecule has 33 heavy (non-hydrogen) atoms. The second-order valence-corrected chi connectivity index (χ2v) is 8.07. The van der Waals surface area contributed by atoms with E-state index >= 15 is 0 Å². The van der Waals surface area contributed by atoms with Crippen LogP contribution in [0, 0.1) is 11.6 Å². The van der Waals surface area contributed by atoms with Gasteiger partial charge in [0.15, 0.2) is 17.3 Å². The average molecular weight is 454 g/mol. The molecule has 1 atom stereocenters. The Morgan fingerprint density at radius 1 is 1.09 bits per heavy atom. The fraction of sp³-hybridized carbons (Fsp3) is 0.304. The average Bonchev–Trinajstić information content (AvgIpc) is 3.22. The molecule has 0 radical (unpaired) electrons. The fourth-order valence-electron chi connectivity index (χ4n) is 4.42. The van der Waals surface area contributed by atoms with Crippen LogP contribution in [0.5, 0.6) is 11.5 Å². The van der Waals surface area contributed by atoms with Gasteiger partial charge in [-0.05, 0) is 42.8 Å². The van der Waals surface area contributed by atoms with E-state index in [1.54, 1.807) is 28.9 Å². The van der Waals surface area contributed by atoms with E-state index in [4.69, 9.17) is 15.6 Å². The molecule has 0 bridgehead atoms. The number of piperazine rings is 1. The highest BCUT2D eigenvalue weighted by molar-refractivity contribution is 5.98. The van der Waals surface area contributed by atoms with Crippen LogP contribution < -0.4 is 21.1 Å². The van der Waals surface area contributed by atoms with E-state index < -0.39 is 17.5 Å². The van der Waals surface area contributed by atoms with Crippen LogP contribution >= 0.6 is 0 Å². The molecule has 2 aromatic carbocycles. The maximum Gasteiger partial charge on any atom is 0.269 e. The second kappa shape index (κ2) is 8.80. The normalized spacial score (nSPS) is 18.4. The summed E-state index contributed by atoms with van der Waals surface area (Å²) in [4.78, 5) is 14.8. The van der Waals surface area contributed by atoms with Gasteiger partial charge in [0.05, 0.1) is 17.4 Å². The number of carbonyl (C=O) groups excluding carboxylic acids is 1. The number of halogens is 2. The molecule has 172 valence electrons. The number of nitrogens with two attached hydrogens (primary N) is 1. The van der Waals surface area contributed by atoms with Crippen molar-refractivity contribution in [2.75, 3.05) is 38.0 Å². The van der Waals surface area contributed by atoms with Gasteiger partial charge >= 0.3 is 0 Å². The van der Waals surface area contributed by atoms with Gasteiger partial charge in [-0.3, -0.25) is 9.69 Å². The SMILES string of the molecule is NC(=O)c1c2c(nn1-c1ccc(Oc3ccc(F)cc3F)cc1)C(N1CCNCC1)CCN2. The van der Waals surface area contributed by atoms with Crippen molar-refractivity contribution in [3.63, 3.8) is 0 Å². The molecule has 1 aromatic heterocycles. The topological polar surface area (TPSA) is 97.4 Å². The number of hydrogen-bond acceptors (Lipinski definition) is 6. The number of anilines is 1. The lowest BCUT2D eigenvalue weighted by Gasteiger charge is -2.36. The maximum atomic E-state index is 13.9. The Hall–Kier alpha value is -3.50. The smallest absolute Gasteiger partial charge is 0.269 e. The summed E-state index contributed by atoms with van der Waals surface area (Å²) in [7, 11) is 0. The van der Waals surface area contributed by atoms with Gasteiger partial charge < -0.3 is 21.1 Å². The zero-order valence-electron chi connectivity index (χ0n) is 17.9. The summed E-state index contributed by atoms with van der Waals surface area (Å²) in [5, 5.41) is 11.4. The summed E-state index contributed by atoms with van der Waals surface area (Å²) in [5.41, 5.74) is 8.14. The summed E-state index contributed by atoms with van der Waals surface area (Å²) in [5.74, 6) is -1.77. The molecular weight excluding hydrogens is 430 g/mol. The van der Waals surface area contributed by atoms with E-state index in [-0.39, 0.29) is 11.8 Å². The van der Waals surface area contributed by atoms with Crippen molar-refractivity contribution in [2.24, 2.45) is 5.73 Å². The number of carbonyl (C=O) groups is 1. The molecule has 5 rings (SSSR count). The predicted octanol–water partition coefficient (Wildman–Crippen LogP) is 2.80. The first-order valence-electron chi connectivity index (χ1n) is 10.9. The lowest BCUT2D eigenvalue weighted by atomic mass is 10.0. The lowest BCUT2D eigenvalue weighted by molar-refractivity contribution is 0.0993. The van der Waals surface area contributed by atoms with Gasteiger partial charge in [-0.1, -0.05) is 0 Å². The van der Waals surface area contributed by atoms with E-state index in [1.807, 2.05) is 0 Å². The molecule has 4 N–H and O–H groups in total. The van der Waals surface area contributed by atoms with Gasteiger partial charge in [0.1, 0.15) is 17.3 Å². The summed E-state index contributed by atoms with van der Waals surface area (Å²) < 4.78 is 34.1. The summed E-state index contributed by atoms with van der Waals surface area (Å²) in [6, 6.07) is 9.90. The van der Waals surface area contributed by atoms with E-state index in [9.17, 15) is 13.6 Å². The molecule has 10 heteroatoms. The van der Waals surface area contributed by atoms with E-state index in [1.165, 1.54) is 6.07 Å². The molecule has 1 amide bonds. The van der Waals surface area contributed by atoms with Gasteiger partial charge in [-0.15, -0.1) is 0 Å². The van der Waals surface area contributed by atoms with Crippen molar-refractivity contribution in [3.8, 4) is 17.2 Å². The van der Waals surface area contributed by atoms with Crippen LogP contribution in [0.2, 0.25) is 0 Å². The van der Waals surface area contributed by atoms with E-state index in [2.05, 4.69) is 15.5 Å². The van der Waals surface area contributed by atoms with Crippen LogP contribution in [-0.2, 0) is 0 Å². The molecule has 3 heterocycles. The zero-order chi connectivity index (χ0) is 22.9. The third kappa shape index (κ3) is 4.14. The van der Waals surface area contributed by atoms with Crippen LogP contribution in [0.3, 0.4) is 0 Å². The van der Waals surface area contributed by atoms with Gasteiger partial charge in [-0.2, -0.15) is 5.10 Å². The first kappa shape index (κ1) is 21.4. The van der Waals surface area contributed by atoms with Gasteiger partial charge in [-0.25, -0.2) is 13.5 Å². The minimum atomic E-state index is -0.792. The first-order chi connectivity index (χ1) is 16.0. The highest BCUT2D eigenvalue weighted by atomic mass is 19.1. The maximum absolute atomic E-state index is 13.9. The minimum Gasteiger partial charge on any atom is -0.454 e. The molecule has 1 fully saturated rings. The molecule has 1 unspecified atom stereocenters. The summed E-state index contributed by atoms with van der Waals surface area (Å²) in [6.07, 6.45) is 0.887. The molecule has 8 nitrogen and oxygen atoms in total. The van der Waals surface area contributed by atoms with Crippen molar-refractivity contribution in [3.05, 3.63) is 65.5 Å². The fourth-order valence-corrected chi connectivity index (χ4v) is 4.42. The molecule has 2 aliphatic rings. The minimum absolute atomic E-state index is 0.0837. The number of fused-ring (bicyclic) bond motifs is 1. The number of primary amides is 1. The van der Waals surface area contributed by atoms with Gasteiger partial charge in [0, 0.05) is 38.8 Å². The molecular formula is C23H24F2N6O2. The van der Waals surface area contributed by atoms with Gasteiger partial charge in [0.25, 0.3) is 5.91 Å². The van der Waals surface area contributed by atoms with Crippen molar-refractivity contribution in [1.82, 2.24) is 20.0 Å². The van der Waals surface area contributed by atoms with Crippen molar-refractivity contribution >= 4 is 11.6 Å². The Kier molecular flexibility index (Phi) is 5.69. The summed E-state index contributed by atoms with van der Waals surface area (Å²) >= 11 is 0. The van der Waals surface area contributed by atoms with Crippen LogP contribution in [0.15, 0.2) is 42.5 Å². The van der Waals surface area contributed by atoms with Crippen LogP contribution in [0.1, 0.15) is 28.6 Å². The lowest BCUT2D eigenvalue weighted by Crippen LogP contribution is -2.46. The largest absolute Gasteiger partial charge is 0.454 e. The Bertz CT molecular complexity index is 1170. The van der Waals surface area contributed by atoms with Crippen molar-refractivity contribution in [1.29, 1.82) is 0 Å². The number of nitrogens with zero attached hydrogens (tertiary/aromatic N) is 3. The first-order valence-corrected chi connectivity index (χ1v) is 10.9. The number of benzene rings is 2. The third-order valence-electron chi connectivity index (χ3n) is 5.98. The van der Waals surface area contributed by atoms with E-state index in [0.29, 0.717) is 22.8 Å². The molecule has 2 aliphatic heterocycles. The van der Waals surface area contributed by atoms with Crippen LogP contribution in [-0.4, -0.2) is 53.3 Å². The molecule has 0 saturated carbocycles. The number of amides is 1. The zero-order valence-corrected chi connectivity index (χ0v) is 17.9. The Labute approximate surface area is 189 Å². The van der Waals surface area contributed by atoms with Crippen LogP contribution in [0.25, 0.3) is 5.69 Å². The Morgan fingerprint density at radius 2 is 1.85 bits per heavy atom. The quantitative estimate of drug-likeness (QED) is 0.549. The van der Waals surface area contributed by atoms with Crippen molar-refractivity contribution in [2.45, 2.75) is 12.5 Å². The molecule has 1 saturated heterocycles. The Morgan fingerprint density at radius 3 is 2.55 bits per heavy atom. The monoisotopic (exact) mass is 454 g/mol. The van der Waals surface area contributed by atoms with Crippen LogP contribution in [0.4, 0.5) is 14.5 Å². The number of aromatic nitrogens is 2. The molecule has 3 aromatic rings. The second-order valence-electron chi connectivity index (χ2n) is 8.07. The van der Waals surface area contributed by atoms with Gasteiger partial charge in [0.2, 0.25) is 0 Å². The number of nitrogens with one attached hydrogen (secondary N) is 2. The number of rotatable bonds is 5. The highest BCUT2D eigenvalue weighted by Gasteiger charge is 2.34. The molecule has 0 aliphatic carbocycles. The third-order valence-corrected chi connectivity index (χ3v) is 5.98. The Balaban J connectivity index is 1.46. The summed E-state index contributed by atoms with van der Waals surface area (Å²) in [6.45, 7) is 4.38. The standard InChI is InChI=1S/C23H24F2N6O2/c24-14-1-6-19(17(25)13-14)33-16-4-2-15(3-5-16)31-22(23(26)32)21-20(29-31)18(7-8-28-21)30-11-9-27-10-12-30/h1-6,13,18,27-28H,7-12H2,(H2,26,32). The highest BCUT2D eigenvalue weighted by Crippen LogP contribution is 2.37. The van der Waals surface area contributed by atoms with E-state index in [0.717, 1.165) is 57.0 Å². The number of ether oxygens (including phenoxy) is 1. The van der Waals surface area contributed by atoms with Crippen molar-refractivity contribution < 1.29 is 18.3 Å².